The number of anilines is 1. The second-order valence-corrected chi connectivity index (χ2v) is 8.11. The molecule has 0 radical (unpaired) electrons. The zero-order valence-corrected chi connectivity index (χ0v) is 18.0. The van der Waals surface area contributed by atoms with Gasteiger partial charge in [0.25, 0.3) is 0 Å². The van der Waals surface area contributed by atoms with Crippen LogP contribution in [-0.4, -0.2) is 42.0 Å². The SMILES string of the molecule is COc1ccc(OC)c([C@H]2CC(=O)Nc3c2cnn3-c2nc3ccc(OC)cc3s2)c1. The molecule has 0 saturated heterocycles. The van der Waals surface area contributed by atoms with Crippen LogP contribution in [0.15, 0.2) is 42.6 Å². The molecule has 0 spiro atoms. The van der Waals surface area contributed by atoms with Crippen molar-refractivity contribution in [1.29, 1.82) is 0 Å². The lowest BCUT2D eigenvalue weighted by molar-refractivity contribution is -0.116. The van der Waals surface area contributed by atoms with Crippen LogP contribution < -0.4 is 19.5 Å². The molecule has 1 N–H and O–H groups in total. The van der Waals surface area contributed by atoms with Crippen molar-refractivity contribution in [3.05, 3.63) is 53.7 Å². The highest BCUT2D eigenvalue weighted by Gasteiger charge is 2.33. The van der Waals surface area contributed by atoms with Crippen LogP contribution in [0.1, 0.15) is 23.5 Å². The fourth-order valence-electron chi connectivity index (χ4n) is 3.86. The van der Waals surface area contributed by atoms with Crippen LogP contribution in [0.2, 0.25) is 0 Å². The van der Waals surface area contributed by atoms with Crippen molar-refractivity contribution in [2.75, 3.05) is 26.6 Å². The molecule has 1 atom stereocenters. The summed E-state index contributed by atoms with van der Waals surface area (Å²) >= 11 is 1.48. The molecule has 5 rings (SSSR count). The molecule has 1 aliphatic heterocycles. The molecule has 0 fully saturated rings. The van der Waals surface area contributed by atoms with Crippen LogP contribution in [0.5, 0.6) is 17.2 Å². The van der Waals surface area contributed by atoms with Gasteiger partial charge in [0.05, 0.1) is 37.7 Å². The van der Waals surface area contributed by atoms with Gasteiger partial charge in [-0.2, -0.15) is 9.78 Å². The van der Waals surface area contributed by atoms with Gasteiger partial charge in [0, 0.05) is 23.5 Å². The summed E-state index contributed by atoms with van der Waals surface area (Å²) in [5.41, 5.74) is 2.63. The Morgan fingerprint density at radius 2 is 1.81 bits per heavy atom. The Kier molecular flexibility index (Phi) is 4.74. The monoisotopic (exact) mass is 436 g/mol. The predicted molar refractivity (Wildman–Crippen MR) is 118 cm³/mol. The van der Waals surface area contributed by atoms with E-state index in [1.165, 1.54) is 11.3 Å². The highest BCUT2D eigenvalue weighted by Crippen LogP contribution is 2.43. The molecule has 9 heteroatoms. The number of carbonyl (C=O) groups is 1. The Morgan fingerprint density at radius 1 is 1.03 bits per heavy atom. The van der Waals surface area contributed by atoms with Crippen molar-refractivity contribution in [2.24, 2.45) is 0 Å². The van der Waals surface area contributed by atoms with Crippen LogP contribution >= 0.6 is 11.3 Å². The average molecular weight is 436 g/mol. The third kappa shape index (κ3) is 3.27. The summed E-state index contributed by atoms with van der Waals surface area (Å²) in [6, 6.07) is 11.3. The number of ether oxygens (including phenoxy) is 3. The highest BCUT2D eigenvalue weighted by molar-refractivity contribution is 7.20. The predicted octanol–water partition coefficient (Wildman–Crippen LogP) is 3.98. The van der Waals surface area contributed by atoms with E-state index in [2.05, 4.69) is 10.4 Å². The lowest BCUT2D eigenvalue weighted by Gasteiger charge is -2.25. The number of methoxy groups -OCH3 is 3. The van der Waals surface area contributed by atoms with Crippen molar-refractivity contribution in [3.8, 4) is 22.4 Å². The van der Waals surface area contributed by atoms with Crippen molar-refractivity contribution >= 4 is 33.3 Å². The van der Waals surface area contributed by atoms with Crippen LogP contribution in [0.3, 0.4) is 0 Å². The first-order chi connectivity index (χ1) is 15.1. The molecule has 31 heavy (non-hydrogen) atoms. The van der Waals surface area contributed by atoms with E-state index in [0.717, 1.165) is 27.1 Å². The van der Waals surface area contributed by atoms with Gasteiger partial charge in [0.2, 0.25) is 11.0 Å². The molecule has 158 valence electrons. The quantitative estimate of drug-likeness (QED) is 0.509. The number of hydrogen-bond acceptors (Lipinski definition) is 7. The minimum atomic E-state index is -0.211. The largest absolute Gasteiger partial charge is 0.497 e. The Labute approximate surface area is 182 Å². The van der Waals surface area contributed by atoms with E-state index in [0.29, 0.717) is 28.9 Å². The first kappa shape index (κ1) is 19.4. The molecule has 1 amide bonds. The Bertz CT molecular complexity index is 1300. The summed E-state index contributed by atoms with van der Waals surface area (Å²) in [7, 11) is 4.87. The molecule has 0 bridgehead atoms. The maximum Gasteiger partial charge on any atom is 0.226 e. The summed E-state index contributed by atoms with van der Waals surface area (Å²) in [5, 5.41) is 8.20. The fourth-order valence-corrected chi connectivity index (χ4v) is 4.82. The molecular weight excluding hydrogens is 416 g/mol. The Hall–Kier alpha value is -3.59. The van der Waals surface area contributed by atoms with E-state index < -0.39 is 0 Å². The van der Waals surface area contributed by atoms with Crippen LogP contribution in [0.25, 0.3) is 15.3 Å². The van der Waals surface area contributed by atoms with Gasteiger partial charge in [-0.05, 0) is 36.4 Å². The van der Waals surface area contributed by atoms with E-state index in [9.17, 15) is 4.79 Å². The number of thiazole rings is 1. The van der Waals surface area contributed by atoms with Crippen LogP contribution in [0.4, 0.5) is 5.82 Å². The van der Waals surface area contributed by atoms with Crippen molar-refractivity contribution < 1.29 is 19.0 Å². The lowest BCUT2D eigenvalue weighted by Crippen LogP contribution is -2.24. The summed E-state index contributed by atoms with van der Waals surface area (Å²) in [6.07, 6.45) is 2.07. The van der Waals surface area contributed by atoms with Crippen molar-refractivity contribution in [3.63, 3.8) is 0 Å². The van der Waals surface area contributed by atoms with Crippen molar-refractivity contribution in [2.45, 2.75) is 12.3 Å². The van der Waals surface area contributed by atoms with E-state index >= 15 is 0 Å². The first-order valence-electron chi connectivity index (χ1n) is 9.66. The van der Waals surface area contributed by atoms with Crippen LogP contribution in [0, 0.1) is 0 Å². The zero-order valence-electron chi connectivity index (χ0n) is 17.2. The van der Waals surface area contributed by atoms with Gasteiger partial charge in [0.1, 0.15) is 23.1 Å². The number of aromatic nitrogens is 3. The van der Waals surface area contributed by atoms with E-state index in [1.807, 2.05) is 36.4 Å². The summed E-state index contributed by atoms with van der Waals surface area (Å²) < 4.78 is 18.9. The number of fused-ring (bicyclic) bond motifs is 2. The lowest BCUT2D eigenvalue weighted by atomic mass is 9.86. The van der Waals surface area contributed by atoms with Crippen molar-refractivity contribution in [1.82, 2.24) is 14.8 Å². The molecule has 4 aromatic rings. The van der Waals surface area contributed by atoms with Gasteiger partial charge in [0.15, 0.2) is 0 Å². The molecule has 0 aliphatic carbocycles. The smallest absolute Gasteiger partial charge is 0.226 e. The maximum atomic E-state index is 12.6. The zero-order chi connectivity index (χ0) is 21.5. The number of amides is 1. The first-order valence-corrected chi connectivity index (χ1v) is 10.5. The normalized spacial score (nSPS) is 15.5. The third-order valence-electron chi connectivity index (χ3n) is 5.40. The van der Waals surface area contributed by atoms with E-state index in [4.69, 9.17) is 19.2 Å². The molecule has 3 heterocycles. The molecule has 2 aromatic carbocycles. The Morgan fingerprint density at radius 3 is 2.58 bits per heavy atom. The number of carbonyl (C=O) groups excluding carboxylic acids is 1. The summed E-state index contributed by atoms with van der Waals surface area (Å²) in [6.45, 7) is 0. The maximum absolute atomic E-state index is 12.6. The molecule has 8 nitrogen and oxygen atoms in total. The van der Waals surface area contributed by atoms with Gasteiger partial charge >= 0.3 is 0 Å². The van der Waals surface area contributed by atoms with Gasteiger partial charge in [-0.25, -0.2) is 4.98 Å². The van der Waals surface area contributed by atoms with Gasteiger partial charge in [-0.3, -0.25) is 4.79 Å². The standard InChI is InChI=1S/C22H20N4O4S/c1-28-12-5-7-18(30-3)15(8-12)14-10-20(27)25-21-16(14)11-23-26(21)22-24-17-6-4-13(29-2)9-19(17)31-22/h4-9,11,14H,10H2,1-3H3,(H,25,27)/t14-/m1/s1. The second kappa shape index (κ2) is 7.59. The fraction of sp³-hybridized carbons (Fsp3) is 0.227. The number of hydrogen-bond donors (Lipinski definition) is 1. The van der Waals surface area contributed by atoms with E-state index in [-0.39, 0.29) is 11.8 Å². The molecule has 2 aromatic heterocycles. The molecule has 1 aliphatic rings. The molecule has 0 saturated carbocycles. The minimum absolute atomic E-state index is 0.0908. The van der Waals surface area contributed by atoms with Gasteiger partial charge < -0.3 is 19.5 Å². The topological polar surface area (TPSA) is 87.5 Å². The number of benzene rings is 2. The highest BCUT2D eigenvalue weighted by atomic mass is 32.1. The molecular formula is C22H20N4O4S. The number of nitrogens with zero attached hydrogens (tertiary/aromatic N) is 3. The Balaban J connectivity index is 1.62. The van der Waals surface area contributed by atoms with Crippen LogP contribution in [-0.2, 0) is 4.79 Å². The number of rotatable bonds is 5. The van der Waals surface area contributed by atoms with E-state index in [1.54, 1.807) is 32.2 Å². The second-order valence-electron chi connectivity index (χ2n) is 7.10. The summed E-state index contributed by atoms with van der Waals surface area (Å²) in [4.78, 5) is 17.3. The molecule has 0 unspecified atom stereocenters. The number of nitrogens with one attached hydrogen (secondary N) is 1. The average Bonchev–Trinajstić information content (AvgIpc) is 3.41. The minimum Gasteiger partial charge on any atom is -0.497 e. The van der Waals surface area contributed by atoms with Gasteiger partial charge in [-0.1, -0.05) is 11.3 Å². The van der Waals surface area contributed by atoms with Gasteiger partial charge in [-0.15, -0.1) is 0 Å². The summed E-state index contributed by atoms with van der Waals surface area (Å²) in [5.74, 6) is 2.49. The third-order valence-corrected chi connectivity index (χ3v) is 6.39.